The lowest BCUT2D eigenvalue weighted by Gasteiger charge is -2.24. The number of nitrogen functional groups attached to an aromatic ring is 1. The number of hydrogen-bond acceptors (Lipinski definition) is 3. The molecule has 1 aromatic carbocycles. The van der Waals surface area contributed by atoms with Gasteiger partial charge < -0.3 is 10.5 Å². The molecule has 3 nitrogen and oxygen atoms in total. The molecule has 1 rings (SSSR count). The van der Waals surface area contributed by atoms with Crippen LogP contribution in [0.25, 0.3) is 0 Å². The molecule has 1 aromatic rings. The lowest BCUT2D eigenvalue weighted by Crippen LogP contribution is -2.28. The first-order valence-electron chi connectivity index (χ1n) is 6.03. The number of rotatable bonds is 5. The predicted octanol–water partition coefficient (Wildman–Crippen LogP) is 4.00. The van der Waals surface area contributed by atoms with Gasteiger partial charge in [0, 0.05) is 7.11 Å². The molecule has 0 aliphatic carbocycles. The minimum absolute atomic E-state index is 0. The highest BCUT2D eigenvalue weighted by Gasteiger charge is 2.30. The quantitative estimate of drug-likeness (QED) is 0.488. The van der Waals surface area contributed by atoms with Gasteiger partial charge in [-0.2, -0.15) is 0 Å². The van der Waals surface area contributed by atoms with E-state index < -0.39 is 0 Å². The number of ether oxygens (including phenoxy) is 1. The number of esters is 1. The third-order valence-electron chi connectivity index (χ3n) is 3.40. The van der Waals surface area contributed by atoms with E-state index in [1.165, 1.54) is 0 Å². The first kappa shape index (κ1) is 17.2. The zero-order valence-electron chi connectivity index (χ0n) is 11.2. The zero-order chi connectivity index (χ0) is 12.9. The maximum Gasteiger partial charge on any atom is 0.312 e. The fourth-order valence-corrected chi connectivity index (χ4v) is 1.48. The van der Waals surface area contributed by atoms with Gasteiger partial charge in [0.1, 0.15) is 6.61 Å². The van der Waals surface area contributed by atoms with Crippen LogP contribution in [-0.2, 0) is 16.1 Å². The van der Waals surface area contributed by atoms with Gasteiger partial charge in [0.25, 0.3) is 0 Å². The van der Waals surface area contributed by atoms with E-state index in [2.05, 4.69) is 0 Å². The summed E-state index contributed by atoms with van der Waals surface area (Å²) >= 11 is 0. The van der Waals surface area contributed by atoms with E-state index in [9.17, 15) is 4.79 Å². The van der Waals surface area contributed by atoms with Gasteiger partial charge in [-0.05, 0) is 37.5 Å². The Morgan fingerprint density at radius 3 is 2.22 bits per heavy atom. The molecule has 0 heterocycles. The van der Waals surface area contributed by atoms with Gasteiger partial charge in [-0.15, -0.1) is 24.0 Å². The van der Waals surface area contributed by atoms with Gasteiger partial charge in [-0.3, -0.25) is 4.79 Å². The normalized spacial score (nSPS) is 10.6. The molecular weight excluding hydrogens is 341 g/mol. The highest BCUT2D eigenvalue weighted by atomic mass is 127. The maximum atomic E-state index is 11.9. The average Bonchev–Trinajstić information content (AvgIpc) is 2.36. The van der Waals surface area contributed by atoms with Gasteiger partial charge in [0.05, 0.1) is 5.41 Å². The van der Waals surface area contributed by atoms with Crippen LogP contribution in [0.1, 0.15) is 40.6 Å². The van der Waals surface area contributed by atoms with Crippen LogP contribution in [0.4, 0.5) is 5.69 Å². The van der Waals surface area contributed by atoms with E-state index >= 15 is 0 Å². The fourth-order valence-electron chi connectivity index (χ4n) is 1.48. The van der Waals surface area contributed by atoms with Crippen molar-refractivity contribution in [1.82, 2.24) is 0 Å². The van der Waals surface area contributed by atoms with Gasteiger partial charge in [-0.25, -0.2) is 0 Å². The Hall–Kier alpha value is -0.780. The van der Waals surface area contributed by atoms with Crippen molar-refractivity contribution < 1.29 is 11.0 Å². The number of anilines is 1. The number of hydrogen-bond donors (Lipinski definition) is 1. The van der Waals surface area contributed by atoms with Crippen LogP contribution in [0, 0.1) is 5.41 Å². The molecule has 0 spiro atoms. The molecule has 0 bridgehead atoms. The largest absolute Gasteiger partial charge is 0.460 e. The number of carbonyl (C=O) groups excluding carboxylic acids is 1. The molecule has 2 N–H and O–H groups in total. The van der Waals surface area contributed by atoms with Crippen LogP contribution in [0.5, 0.6) is 0 Å². The van der Waals surface area contributed by atoms with E-state index in [4.69, 9.17) is 10.5 Å². The highest BCUT2D eigenvalue weighted by molar-refractivity contribution is 14.0. The summed E-state index contributed by atoms with van der Waals surface area (Å²) in [5, 5.41) is 0. The maximum absolute atomic E-state index is 11.9. The molecular formula is C14H24INO2. The monoisotopic (exact) mass is 365 g/mol. The van der Waals surface area contributed by atoms with Gasteiger partial charge >= 0.3 is 5.97 Å². The second-order valence-electron chi connectivity index (χ2n) is 4.59. The van der Waals surface area contributed by atoms with Gasteiger partial charge in [0.15, 0.2) is 0 Å². The van der Waals surface area contributed by atoms with Crippen molar-refractivity contribution in [2.75, 3.05) is 5.73 Å². The van der Waals surface area contributed by atoms with Crippen molar-refractivity contribution in [3.63, 3.8) is 0 Å². The Bertz CT molecular complexity index is 378. The lowest BCUT2D eigenvalue weighted by atomic mass is 9.85. The van der Waals surface area contributed by atoms with Crippen molar-refractivity contribution in [1.29, 1.82) is 0 Å². The molecule has 0 aliphatic heterocycles. The molecule has 4 heteroatoms. The second kappa shape index (κ2) is 7.61. The van der Waals surface area contributed by atoms with Crippen LogP contribution >= 0.6 is 24.0 Å². The summed E-state index contributed by atoms with van der Waals surface area (Å²) in [6, 6.07) is 7.36. The number of benzene rings is 1. The standard InChI is InChI=1S/C14H21NO2.HI.H2/c1-4-14(3,5-2)13(16)17-10-11-6-8-12(15)9-7-11;;/h6-9H,4-5,10,15H2,1-3H3;2*1H. The molecule has 0 unspecified atom stereocenters. The summed E-state index contributed by atoms with van der Waals surface area (Å²) in [4.78, 5) is 11.9. The molecule has 18 heavy (non-hydrogen) atoms. The van der Waals surface area contributed by atoms with E-state index in [-0.39, 0.29) is 36.8 Å². The average molecular weight is 365 g/mol. The topological polar surface area (TPSA) is 52.3 Å². The van der Waals surface area contributed by atoms with E-state index in [1.54, 1.807) is 0 Å². The minimum Gasteiger partial charge on any atom is -0.460 e. The lowest BCUT2D eigenvalue weighted by molar-refractivity contribution is -0.156. The molecule has 0 fully saturated rings. The Morgan fingerprint density at radius 2 is 1.78 bits per heavy atom. The molecule has 0 aliphatic rings. The Balaban J connectivity index is 0. The van der Waals surface area contributed by atoms with Crippen molar-refractivity contribution in [2.45, 2.75) is 40.2 Å². The van der Waals surface area contributed by atoms with E-state index in [0.717, 1.165) is 18.4 Å². The molecule has 0 atom stereocenters. The summed E-state index contributed by atoms with van der Waals surface area (Å²) in [5.74, 6) is -0.126. The number of carbonyl (C=O) groups is 1. The molecule has 0 amide bonds. The third-order valence-corrected chi connectivity index (χ3v) is 3.40. The van der Waals surface area contributed by atoms with Crippen molar-refractivity contribution in [3.05, 3.63) is 29.8 Å². The Kier molecular flexibility index (Phi) is 7.28. The van der Waals surface area contributed by atoms with Crippen molar-refractivity contribution in [3.8, 4) is 0 Å². The molecule has 0 saturated heterocycles. The third kappa shape index (κ3) is 4.48. The minimum atomic E-state index is -0.367. The summed E-state index contributed by atoms with van der Waals surface area (Å²) < 4.78 is 5.34. The fraction of sp³-hybridized carbons (Fsp3) is 0.500. The SMILES string of the molecule is CCC(C)(CC)C(=O)OCc1ccc(N)cc1.I.[HH]. The highest BCUT2D eigenvalue weighted by Crippen LogP contribution is 2.27. The molecule has 0 aromatic heterocycles. The Morgan fingerprint density at radius 1 is 1.28 bits per heavy atom. The van der Waals surface area contributed by atoms with Crippen LogP contribution in [0.2, 0.25) is 0 Å². The number of nitrogens with two attached hydrogens (primary N) is 1. The number of halogens is 1. The zero-order valence-corrected chi connectivity index (χ0v) is 13.6. The van der Waals surface area contributed by atoms with E-state index in [0.29, 0.717) is 12.3 Å². The van der Waals surface area contributed by atoms with Crippen LogP contribution in [-0.4, -0.2) is 5.97 Å². The molecule has 104 valence electrons. The first-order chi connectivity index (χ1) is 8.01. The summed E-state index contributed by atoms with van der Waals surface area (Å²) in [5.41, 5.74) is 6.90. The first-order valence-corrected chi connectivity index (χ1v) is 6.03. The predicted molar refractivity (Wildman–Crippen MR) is 86.9 cm³/mol. The second-order valence-corrected chi connectivity index (χ2v) is 4.59. The van der Waals surface area contributed by atoms with Crippen LogP contribution < -0.4 is 5.73 Å². The summed E-state index contributed by atoms with van der Waals surface area (Å²) in [6.07, 6.45) is 1.59. The molecule has 0 radical (unpaired) electrons. The van der Waals surface area contributed by atoms with E-state index in [1.807, 2.05) is 45.0 Å². The molecule has 0 saturated carbocycles. The summed E-state index contributed by atoms with van der Waals surface area (Å²) in [7, 11) is 0. The van der Waals surface area contributed by atoms with Crippen LogP contribution in [0.15, 0.2) is 24.3 Å². The van der Waals surface area contributed by atoms with Gasteiger partial charge in [-0.1, -0.05) is 26.0 Å². The van der Waals surface area contributed by atoms with Crippen molar-refractivity contribution >= 4 is 35.6 Å². The van der Waals surface area contributed by atoms with Gasteiger partial charge in [0.2, 0.25) is 0 Å². The van der Waals surface area contributed by atoms with Crippen molar-refractivity contribution in [2.24, 2.45) is 5.41 Å². The Labute approximate surface area is 128 Å². The summed E-state index contributed by atoms with van der Waals surface area (Å²) in [6.45, 7) is 6.27. The smallest absolute Gasteiger partial charge is 0.312 e. The van der Waals surface area contributed by atoms with Crippen LogP contribution in [0.3, 0.4) is 0 Å².